The van der Waals surface area contributed by atoms with Gasteiger partial charge >= 0.3 is 0 Å². The van der Waals surface area contributed by atoms with Crippen molar-refractivity contribution in [3.8, 4) is 0 Å². The van der Waals surface area contributed by atoms with E-state index in [1.54, 1.807) is 6.07 Å². The molecular formula is C13H7Br3INO. The summed E-state index contributed by atoms with van der Waals surface area (Å²) < 4.78 is 3.47. The fourth-order valence-corrected chi connectivity index (χ4v) is 4.58. The number of hydrogen-bond acceptors (Lipinski definition) is 1. The Morgan fingerprint density at radius 3 is 2.21 bits per heavy atom. The van der Waals surface area contributed by atoms with E-state index in [9.17, 15) is 4.79 Å². The second-order valence-corrected chi connectivity index (χ2v) is 7.46. The zero-order chi connectivity index (χ0) is 14.0. The minimum absolute atomic E-state index is 0.131. The normalized spacial score (nSPS) is 10.3. The molecule has 0 unspecified atom stereocenters. The standard InChI is InChI=1S/C13H7Br3INO/c14-7-5-9(15)12(10(16)6-7)18-13(19)8-3-1-2-4-11(8)17/h1-6H,(H,18,19). The van der Waals surface area contributed by atoms with Crippen LogP contribution in [0.15, 0.2) is 49.8 Å². The monoisotopic (exact) mass is 557 g/mol. The summed E-state index contributed by atoms with van der Waals surface area (Å²) in [5.74, 6) is -0.131. The van der Waals surface area contributed by atoms with Crippen LogP contribution in [0.25, 0.3) is 0 Å². The number of rotatable bonds is 2. The predicted octanol–water partition coefficient (Wildman–Crippen LogP) is 5.83. The molecule has 0 radical (unpaired) electrons. The number of halogens is 4. The molecule has 19 heavy (non-hydrogen) atoms. The summed E-state index contributed by atoms with van der Waals surface area (Å²) in [6, 6.07) is 11.2. The lowest BCUT2D eigenvalue weighted by Gasteiger charge is -2.11. The Balaban J connectivity index is 2.32. The van der Waals surface area contributed by atoms with Crippen LogP contribution in [-0.4, -0.2) is 5.91 Å². The lowest BCUT2D eigenvalue weighted by Crippen LogP contribution is -2.14. The summed E-state index contributed by atoms with van der Waals surface area (Å²) in [6.45, 7) is 0. The first-order chi connectivity index (χ1) is 8.99. The van der Waals surface area contributed by atoms with Gasteiger partial charge in [0.25, 0.3) is 5.91 Å². The minimum atomic E-state index is -0.131. The van der Waals surface area contributed by atoms with Crippen LogP contribution in [0, 0.1) is 3.57 Å². The molecule has 2 nitrogen and oxygen atoms in total. The SMILES string of the molecule is O=C(Nc1c(Br)cc(Br)cc1Br)c1ccccc1I. The van der Waals surface area contributed by atoms with E-state index in [1.165, 1.54) is 0 Å². The van der Waals surface area contributed by atoms with Crippen LogP contribution >= 0.6 is 70.4 Å². The molecule has 0 bridgehead atoms. The highest BCUT2D eigenvalue weighted by molar-refractivity contribution is 14.1. The van der Waals surface area contributed by atoms with Crippen molar-refractivity contribution in [2.24, 2.45) is 0 Å². The predicted molar refractivity (Wildman–Crippen MR) is 96.7 cm³/mol. The van der Waals surface area contributed by atoms with Gasteiger partial charge in [0.05, 0.1) is 11.3 Å². The highest BCUT2D eigenvalue weighted by Gasteiger charge is 2.13. The molecule has 0 aliphatic rings. The second kappa shape index (κ2) is 6.69. The van der Waals surface area contributed by atoms with E-state index in [0.717, 1.165) is 17.0 Å². The molecule has 2 aromatic rings. The van der Waals surface area contributed by atoms with E-state index in [1.807, 2.05) is 30.3 Å². The number of carbonyl (C=O) groups excluding carboxylic acids is 1. The van der Waals surface area contributed by atoms with Crippen molar-refractivity contribution in [3.63, 3.8) is 0 Å². The summed E-state index contributed by atoms with van der Waals surface area (Å²) in [5.41, 5.74) is 1.37. The summed E-state index contributed by atoms with van der Waals surface area (Å²) in [6.07, 6.45) is 0. The van der Waals surface area contributed by atoms with E-state index in [4.69, 9.17) is 0 Å². The smallest absolute Gasteiger partial charge is 0.256 e. The summed E-state index contributed by atoms with van der Waals surface area (Å²) in [4.78, 5) is 12.3. The Kier molecular flexibility index (Phi) is 5.45. The Morgan fingerprint density at radius 2 is 1.63 bits per heavy atom. The summed E-state index contributed by atoms with van der Waals surface area (Å²) >= 11 is 12.4. The molecule has 0 heterocycles. The molecule has 1 amide bonds. The van der Waals surface area contributed by atoms with E-state index in [0.29, 0.717) is 11.3 Å². The molecule has 6 heteroatoms. The van der Waals surface area contributed by atoms with Crippen LogP contribution < -0.4 is 5.32 Å². The average molecular weight is 560 g/mol. The molecule has 0 atom stereocenters. The number of nitrogens with one attached hydrogen (secondary N) is 1. The Hall–Kier alpha value is 0.0800. The molecule has 0 aromatic heterocycles. The topological polar surface area (TPSA) is 29.1 Å². The van der Waals surface area contributed by atoms with Gasteiger partial charge in [-0.05, 0) is 78.7 Å². The molecule has 1 N–H and O–H groups in total. The maximum atomic E-state index is 12.3. The highest BCUT2D eigenvalue weighted by atomic mass is 127. The van der Waals surface area contributed by atoms with Gasteiger partial charge in [-0.1, -0.05) is 28.1 Å². The van der Waals surface area contributed by atoms with Crippen LogP contribution in [0.1, 0.15) is 10.4 Å². The van der Waals surface area contributed by atoms with Gasteiger partial charge in [0.15, 0.2) is 0 Å². The fraction of sp³-hybridized carbons (Fsp3) is 0. The molecule has 0 aliphatic heterocycles. The van der Waals surface area contributed by atoms with Gasteiger partial charge in [0.1, 0.15) is 0 Å². The molecule has 0 saturated heterocycles. The number of carbonyl (C=O) groups is 1. The number of anilines is 1. The number of hydrogen-bond donors (Lipinski definition) is 1. The van der Waals surface area contributed by atoms with Gasteiger partial charge in [-0.25, -0.2) is 0 Å². The molecular weight excluding hydrogens is 553 g/mol. The summed E-state index contributed by atoms with van der Waals surface area (Å²) in [7, 11) is 0. The van der Waals surface area contributed by atoms with Gasteiger partial charge in [-0.15, -0.1) is 0 Å². The zero-order valence-corrected chi connectivity index (χ0v) is 16.3. The second-order valence-electron chi connectivity index (χ2n) is 3.68. The first-order valence-corrected chi connectivity index (χ1v) is 8.65. The van der Waals surface area contributed by atoms with E-state index in [2.05, 4.69) is 75.7 Å². The van der Waals surface area contributed by atoms with E-state index >= 15 is 0 Å². The molecule has 0 aliphatic carbocycles. The van der Waals surface area contributed by atoms with Crippen LogP contribution in [0.2, 0.25) is 0 Å². The molecule has 2 aromatic carbocycles. The summed E-state index contributed by atoms with van der Waals surface area (Å²) in [5, 5.41) is 2.90. The van der Waals surface area contributed by atoms with E-state index < -0.39 is 0 Å². The van der Waals surface area contributed by atoms with Gasteiger partial charge < -0.3 is 5.32 Å². The minimum Gasteiger partial charge on any atom is -0.320 e. The quantitative estimate of drug-likeness (QED) is 0.461. The third kappa shape index (κ3) is 3.80. The maximum Gasteiger partial charge on any atom is 0.256 e. The van der Waals surface area contributed by atoms with Crippen molar-refractivity contribution in [3.05, 3.63) is 58.9 Å². The van der Waals surface area contributed by atoms with Crippen molar-refractivity contribution >= 4 is 82.0 Å². The average Bonchev–Trinajstić information content (AvgIpc) is 2.34. The first-order valence-electron chi connectivity index (χ1n) is 5.19. The maximum absolute atomic E-state index is 12.3. The Bertz CT molecular complexity index is 623. The van der Waals surface area contributed by atoms with Gasteiger partial charge in [-0.2, -0.15) is 0 Å². The number of benzene rings is 2. The lowest BCUT2D eigenvalue weighted by molar-refractivity contribution is 0.102. The first kappa shape index (κ1) is 15.5. The van der Waals surface area contributed by atoms with Gasteiger partial charge in [0, 0.05) is 17.0 Å². The Morgan fingerprint density at radius 1 is 1.05 bits per heavy atom. The molecule has 0 spiro atoms. The molecule has 98 valence electrons. The molecule has 0 saturated carbocycles. The lowest BCUT2D eigenvalue weighted by atomic mass is 10.2. The Labute approximate surface area is 149 Å². The van der Waals surface area contributed by atoms with Gasteiger partial charge in [-0.3, -0.25) is 4.79 Å². The van der Waals surface area contributed by atoms with Crippen LogP contribution in [-0.2, 0) is 0 Å². The fourth-order valence-electron chi connectivity index (χ4n) is 1.49. The molecule has 0 fully saturated rings. The third-order valence-corrected chi connectivity index (χ3v) is 5.01. The van der Waals surface area contributed by atoms with Crippen molar-refractivity contribution in [2.45, 2.75) is 0 Å². The molecule has 2 rings (SSSR count). The zero-order valence-electron chi connectivity index (χ0n) is 9.38. The largest absolute Gasteiger partial charge is 0.320 e. The van der Waals surface area contributed by atoms with Crippen LogP contribution in [0.3, 0.4) is 0 Å². The van der Waals surface area contributed by atoms with Crippen molar-refractivity contribution in [2.75, 3.05) is 5.32 Å². The highest BCUT2D eigenvalue weighted by Crippen LogP contribution is 2.34. The van der Waals surface area contributed by atoms with E-state index in [-0.39, 0.29) is 5.91 Å². The van der Waals surface area contributed by atoms with Crippen LogP contribution in [0.5, 0.6) is 0 Å². The van der Waals surface area contributed by atoms with Gasteiger partial charge in [0.2, 0.25) is 0 Å². The van der Waals surface area contributed by atoms with Crippen molar-refractivity contribution in [1.82, 2.24) is 0 Å². The van der Waals surface area contributed by atoms with Crippen LogP contribution in [0.4, 0.5) is 5.69 Å². The van der Waals surface area contributed by atoms with Crippen molar-refractivity contribution < 1.29 is 4.79 Å². The van der Waals surface area contributed by atoms with Crippen molar-refractivity contribution in [1.29, 1.82) is 0 Å². The third-order valence-electron chi connectivity index (χ3n) is 2.36. The number of amides is 1.